The van der Waals surface area contributed by atoms with Crippen molar-refractivity contribution >= 4 is 27.3 Å². The van der Waals surface area contributed by atoms with E-state index in [0.717, 1.165) is 5.56 Å². The maximum atomic E-state index is 12.8. The average Bonchev–Trinajstić information content (AvgIpc) is 2.78. The predicted molar refractivity (Wildman–Crippen MR) is 115 cm³/mol. The Balaban J connectivity index is 1.59. The quantitative estimate of drug-likeness (QED) is 0.657. The van der Waals surface area contributed by atoms with Gasteiger partial charge < -0.3 is 10.1 Å². The number of carbonyl (C=O) groups excluding carboxylic acids is 1. The Hall–Kier alpha value is -3.08. The lowest BCUT2D eigenvalue weighted by Crippen LogP contribution is -2.40. The van der Waals surface area contributed by atoms with Gasteiger partial charge in [-0.1, -0.05) is 6.07 Å². The van der Waals surface area contributed by atoms with Gasteiger partial charge in [-0.25, -0.2) is 13.4 Å². The molecule has 0 bridgehead atoms. The molecule has 3 heterocycles. The summed E-state index contributed by atoms with van der Waals surface area (Å²) in [4.78, 5) is 30.0. The zero-order valence-corrected chi connectivity index (χ0v) is 18.0. The molecule has 0 spiro atoms. The number of hydrogen-bond donors (Lipinski definition) is 1. The van der Waals surface area contributed by atoms with E-state index >= 15 is 0 Å². The van der Waals surface area contributed by atoms with Crippen LogP contribution in [-0.4, -0.2) is 54.3 Å². The fourth-order valence-corrected chi connectivity index (χ4v) is 4.81. The molecular formula is C21H22N4O5S. The summed E-state index contributed by atoms with van der Waals surface area (Å²) in [6.45, 7) is 4.80. The molecule has 1 N–H and O–H groups in total. The van der Waals surface area contributed by atoms with Crippen LogP contribution in [0.1, 0.15) is 21.6 Å². The molecule has 1 aliphatic heterocycles. The van der Waals surface area contributed by atoms with Gasteiger partial charge in [0.15, 0.2) is 0 Å². The van der Waals surface area contributed by atoms with Crippen molar-refractivity contribution in [1.82, 2.24) is 13.7 Å². The minimum absolute atomic E-state index is 0.0816. The third-order valence-electron chi connectivity index (χ3n) is 5.11. The lowest BCUT2D eigenvalue weighted by molar-refractivity contribution is 0.0730. The second kappa shape index (κ2) is 8.22. The molecular weight excluding hydrogens is 420 g/mol. The molecule has 3 aromatic rings. The number of ether oxygens (including phenoxy) is 1. The van der Waals surface area contributed by atoms with Crippen molar-refractivity contribution < 1.29 is 17.9 Å². The molecule has 31 heavy (non-hydrogen) atoms. The van der Waals surface area contributed by atoms with Gasteiger partial charge in [0.25, 0.3) is 11.5 Å². The smallest absolute Gasteiger partial charge is 0.281 e. The van der Waals surface area contributed by atoms with Gasteiger partial charge in [-0.3, -0.25) is 14.0 Å². The van der Waals surface area contributed by atoms with Crippen molar-refractivity contribution in [3.63, 3.8) is 0 Å². The molecule has 0 radical (unpaired) electrons. The van der Waals surface area contributed by atoms with Crippen molar-refractivity contribution in [2.75, 3.05) is 31.6 Å². The highest BCUT2D eigenvalue weighted by Gasteiger charge is 2.26. The van der Waals surface area contributed by atoms with Crippen LogP contribution in [0, 0.1) is 13.8 Å². The minimum Gasteiger partial charge on any atom is -0.379 e. The van der Waals surface area contributed by atoms with Gasteiger partial charge in [0.2, 0.25) is 10.0 Å². The summed E-state index contributed by atoms with van der Waals surface area (Å²) in [6.07, 6.45) is 1.66. The molecule has 2 aromatic heterocycles. The van der Waals surface area contributed by atoms with E-state index in [4.69, 9.17) is 4.74 Å². The molecule has 0 unspecified atom stereocenters. The number of sulfonamides is 1. The molecule has 1 amide bonds. The van der Waals surface area contributed by atoms with E-state index in [1.807, 2.05) is 13.0 Å². The maximum absolute atomic E-state index is 12.8. The Morgan fingerprint density at radius 1 is 1.06 bits per heavy atom. The first kappa shape index (κ1) is 21.2. The highest BCUT2D eigenvalue weighted by molar-refractivity contribution is 7.89. The Kier molecular flexibility index (Phi) is 5.61. The number of benzene rings is 1. The number of nitrogens with one attached hydrogen (secondary N) is 1. The number of carbonyl (C=O) groups is 1. The first-order valence-corrected chi connectivity index (χ1v) is 11.2. The minimum atomic E-state index is -3.65. The topological polar surface area (TPSA) is 110 Å². The summed E-state index contributed by atoms with van der Waals surface area (Å²) in [7, 11) is -3.65. The van der Waals surface area contributed by atoms with Crippen LogP contribution in [0.25, 0.3) is 5.65 Å². The average molecular weight is 442 g/mol. The van der Waals surface area contributed by atoms with Gasteiger partial charge in [-0.2, -0.15) is 4.31 Å². The van der Waals surface area contributed by atoms with E-state index in [1.54, 1.807) is 19.2 Å². The number of nitrogens with zero attached hydrogens (tertiary/aromatic N) is 3. The van der Waals surface area contributed by atoms with E-state index in [9.17, 15) is 18.0 Å². The number of rotatable bonds is 4. The van der Waals surface area contributed by atoms with Crippen molar-refractivity contribution in [3.8, 4) is 0 Å². The lowest BCUT2D eigenvalue weighted by Gasteiger charge is -2.26. The molecule has 162 valence electrons. The highest BCUT2D eigenvalue weighted by atomic mass is 32.2. The largest absolute Gasteiger partial charge is 0.379 e. The molecule has 10 heteroatoms. The van der Waals surface area contributed by atoms with E-state index in [1.165, 1.54) is 33.0 Å². The van der Waals surface area contributed by atoms with Gasteiger partial charge in [-0.05, 0) is 49.7 Å². The zero-order chi connectivity index (χ0) is 22.2. The number of aromatic nitrogens is 2. The Labute approximate surface area is 179 Å². The third kappa shape index (κ3) is 4.09. The first-order chi connectivity index (χ1) is 14.8. The van der Waals surface area contributed by atoms with E-state index in [-0.39, 0.29) is 21.7 Å². The number of fused-ring (bicyclic) bond motifs is 1. The molecule has 9 nitrogen and oxygen atoms in total. The molecule has 4 rings (SSSR count). The van der Waals surface area contributed by atoms with Crippen molar-refractivity contribution in [3.05, 3.63) is 69.8 Å². The summed E-state index contributed by atoms with van der Waals surface area (Å²) in [5, 5.41) is 2.62. The van der Waals surface area contributed by atoms with Crippen LogP contribution in [-0.2, 0) is 14.8 Å². The Morgan fingerprint density at radius 3 is 2.42 bits per heavy atom. The molecule has 0 aliphatic carbocycles. The van der Waals surface area contributed by atoms with Crippen molar-refractivity contribution in [1.29, 1.82) is 0 Å². The summed E-state index contributed by atoms with van der Waals surface area (Å²) >= 11 is 0. The third-order valence-corrected chi connectivity index (χ3v) is 7.03. The number of aryl methyl sites for hydroxylation is 2. The highest BCUT2D eigenvalue weighted by Crippen LogP contribution is 2.18. The van der Waals surface area contributed by atoms with Crippen LogP contribution in [0.5, 0.6) is 0 Å². The number of morpholine rings is 1. The number of pyridine rings is 1. The van der Waals surface area contributed by atoms with Crippen molar-refractivity contribution in [2.24, 2.45) is 0 Å². The van der Waals surface area contributed by atoms with Crippen LogP contribution in [0.3, 0.4) is 0 Å². The second-order valence-electron chi connectivity index (χ2n) is 7.31. The van der Waals surface area contributed by atoms with Crippen LogP contribution >= 0.6 is 0 Å². The van der Waals surface area contributed by atoms with Gasteiger partial charge in [0.1, 0.15) is 11.3 Å². The van der Waals surface area contributed by atoms with Gasteiger partial charge in [-0.15, -0.1) is 0 Å². The van der Waals surface area contributed by atoms with Crippen LogP contribution in [0.4, 0.5) is 5.69 Å². The van der Waals surface area contributed by atoms with Crippen LogP contribution in [0.2, 0.25) is 0 Å². The fourth-order valence-electron chi connectivity index (χ4n) is 3.40. The van der Waals surface area contributed by atoms with E-state index in [0.29, 0.717) is 37.6 Å². The number of anilines is 1. The van der Waals surface area contributed by atoms with Gasteiger partial charge >= 0.3 is 0 Å². The van der Waals surface area contributed by atoms with Gasteiger partial charge in [0, 0.05) is 24.8 Å². The zero-order valence-electron chi connectivity index (χ0n) is 17.2. The molecule has 1 saturated heterocycles. The summed E-state index contributed by atoms with van der Waals surface area (Å²) < 4.78 is 33.4. The normalized spacial score (nSPS) is 15.2. The summed E-state index contributed by atoms with van der Waals surface area (Å²) in [6, 6.07) is 9.22. The SMILES string of the molecule is Cc1ccc2nc(C)c(NC(=O)c3ccc(S(=O)(=O)N4CCOCC4)cc3)c(=O)n2c1. The monoisotopic (exact) mass is 442 g/mol. The number of hydrogen-bond acceptors (Lipinski definition) is 6. The second-order valence-corrected chi connectivity index (χ2v) is 9.24. The molecule has 1 aliphatic rings. The summed E-state index contributed by atoms with van der Waals surface area (Å²) in [5.41, 5.74) is 1.70. The standard InChI is InChI=1S/C21H22N4O5S/c1-14-3-8-18-22-15(2)19(21(27)25(18)13-14)23-20(26)16-4-6-17(7-5-16)31(28,29)24-9-11-30-12-10-24/h3-8,13H,9-12H2,1-2H3,(H,23,26). The summed E-state index contributed by atoms with van der Waals surface area (Å²) in [5.74, 6) is -0.523. The van der Waals surface area contributed by atoms with Crippen LogP contribution in [0.15, 0.2) is 52.3 Å². The fraction of sp³-hybridized carbons (Fsp3) is 0.286. The maximum Gasteiger partial charge on any atom is 0.281 e. The van der Waals surface area contributed by atoms with Gasteiger partial charge in [0.05, 0.1) is 23.8 Å². The lowest BCUT2D eigenvalue weighted by atomic mass is 10.2. The van der Waals surface area contributed by atoms with Crippen molar-refractivity contribution in [2.45, 2.75) is 18.7 Å². The Morgan fingerprint density at radius 2 is 1.74 bits per heavy atom. The van der Waals surface area contributed by atoms with E-state index < -0.39 is 15.9 Å². The molecule has 0 atom stereocenters. The first-order valence-electron chi connectivity index (χ1n) is 9.76. The van der Waals surface area contributed by atoms with Crippen LogP contribution < -0.4 is 10.9 Å². The molecule has 0 saturated carbocycles. The number of amides is 1. The van der Waals surface area contributed by atoms with E-state index in [2.05, 4.69) is 10.3 Å². The predicted octanol–water partition coefficient (Wildman–Crippen LogP) is 1.58. The molecule has 1 aromatic carbocycles. The Bertz CT molecular complexity index is 1310. The molecule has 1 fully saturated rings.